The molecule has 150 valence electrons. The topological polar surface area (TPSA) is 40.6 Å². The van der Waals surface area contributed by atoms with Crippen LogP contribution in [0.3, 0.4) is 0 Å². The number of unbranched alkanes of at least 4 members (excludes halogenated alkanes) is 1. The van der Waals surface area contributed by atoms with Gasteiger partial charge in [-0.15, -0.1) is 11.3 Å². The highest BCUT2D eigenvalue weighted by molar-refractivity contribution is 7.09. The first-order chi connectivity index (χ1) is 13.6. The lowest BCUT2D eigenvalue weighted by Gasteiger charge is -2.28. The molecule has 0 spiro atoms. The van der Waals surface area contributed by atoms with Gasteiger partial charge in [0.25, 0.3) is 0 Å². The van der Waals surface area contributed by atoms with Crippen LogP contribution in [0.4, 0.5) is 4.39 Å². The van der Waals surface area contributed by atoms with Crippen molar-refractivity contribution in [2.45, 2.75) is 58.2 Å². The fourth-order valence-corrected chi connectivity index (χ4v) is 3.88. The molecule has 0 bridgehead atoms. The molecular weight excluding hydrogens is 375 g/mol. The molecule has 2 amide bonds. The first kappa shape index (κ1) is 20.5. The summed E-state index contributed by atoms with van der Waals surface area (Å²) >= 11 is 1.60. The van der Waals surface area contributed by atoms with E-state index in [0.717, 1.165) is 36.1 Å². The standard InChI is InChI=1S/C22H27FN2O2S/c1-2-3-6-21(26)25(19-11-12-19)16-22(27)24(15-20-5-4-13-28-20)14-17-7-9-18(23)10-8-17/h4-5,7-10,13,19H,2-3,6,11-12,14-16H2,1H3. The Morgan fingerprint density at radius 2 is 1.86 bits per heavy atom. The minimum Gasteiger partial charge on any atom is -0.332 e. The average Bonchev–Trinajstić information content (AvgIpc) is 3.40. The predicted octanol–water partition coefficient (Wildman–Crippen LogP) is 4.60. The zero-order valence-electron chi connectivity index (χ0n) is 16.3. The van der Waals surface area contributed by atoms with Gasteiger partial charge in [0.05, 0.1) is 6.54 Å². The monoisotopic (exact) mass is 402 g/mol. The van der Waals surface area contributed by atoms with Crippen LogP contribution in [0.1, 0.15) is 49.5 Å². The fraction of sp³-hybridized carbons (Fsp3) is 0.455. The molecule has 1 aromatic carbocycles. The lowest BCUT2D eigenvalue weighted by atomic mass is 10.2. The fourth-order valence-electron chi connectivity index (χ4n) is 3.16. The Balaban J connectivity index is 1.70. The third kappa shape index (κ3) is 5.89. The number of thiophene rings is 1. The van der Waals surface area contributed by atoms with Crippen molar-refractivity contribution >= 4 is 23.2 Å². The molecule has 0 aliphatic heterocycles. The Labute approximate surface area is 170 Å². The van der Waals surface area contributed by atoms with Gasteiger partial charge in [0.1, 0.15) is 12.4 Å². The van der Waals surface area contributed by atoms with Crippen molar-refractivity contribution in [2.75, 3.05) is 6.54 Å². The van der Waals surface area contributed by atoms with E-state index in [2.05, 4.69) is 6.92 Å². The summed E-state index contributed by atoms with van der Waals surface area (Å²) in [6.45, 7) is 3.08. The summed E-state index contributed by atoms with van der Waals surface area (Å²) in [6, 6.07) is 10.4. The van der Waals surface area contributed by atoms with E-state index in [0.29, 0.717) is 19.5 Å². The van der Waals surface area contributed by atoms with Crippen LogP contribution in [-0.2, 0) is 22.7 Å². The molecule has 1 saturated carbocycles. The van der Waals surface area contributed by atoms with E-state index in [-0.39, 0.29) is 30.2 Å². The van der Waals surface area contributed by atoms with Crippen LogP contribution in [0.25, 0.3) is 0 Å². The first-order valence-electron chi connectivity index (χ1n) is 9.91. The summed E-state index contributed by atoms with van der Waals surface area (Å²) in [6.07, 6.45) is 4.28. The van der Waals surface area contributed by atoms with E-state index >= 15 is 0 Å². The van der Waals surface area contributed by atoms with Gasteiger partial charge in [-0.1, -0.05) is 31.5 Å². The summed E-state index contributed by atoms with van der Waals surface area (Å²) in [5.41, 5.74) is 0.876. The molecule has 1 aliphatic carbocycles. The number of carbonyl (C=O) groups is 2. The van der Waals surface area contributed by atoms with Crippen LogP contribution in [0.5, 0.6) is 0 Å². The summed E-state index contributed by atoms with van der Waals surface area (Å²) in [7, 11) is 0. The number of hydrogen-bond donors (Lipinski definition) is 0. The van der Waals surface area contributed by atoms with Crippen molar-refractivity contribution in [3.8, 4) is 0 Å². The van der Waals surface area contributed by atoms with Gasteiger partial charge in [0.15, 0.2) is 0 Å². The number of amides is 2. The maximum Gasteiger partial charge on any atom is 0.242 e. The molecule has 1 fully saturated rings. The normalized spacial score (nSPS) is 13.4. The van der Waals surface area contributed by atoms with Gasteiger partial charge in [0.2, 0.25) is 11.8 Å². The third-order valence-corrected chi connectivity index (χ3v) is 5.79. The van der Waals surface area contributed by atoms with Crippen LogP contribution >= 0.6 is 11.3 Å². The van der Waals surface area contributed by atoms with E-state index < -0.39 is 0 Å². The van der Waals surface area contributed by atoms with E-state index in [1.807, 2.05) is 17.5 Å². The van der Waals surface area contributed by atoms with Gasteiger partial charge in [-0.2, -0.15) is 0 Å². The van der Waals surface area contributed by atoms with E-state index in [1.165, 1.54) is 12.1 Å². The SMILES string of the molecule is CCCCC(=O)N(CC(=O)N(Cc1ccc(F)cc1)Cc1cccs1)C1CC1. The number of carbonyl (C=O) groups excluding carboxylic acids is 2. The predicted molar refractivity (Wildman–Crippen MR) is 109 cm³/mol. The molecule has 1 aromatic heterocycles. The van der Waals surface area contributed by atoms with Crippen molar-refractivity contribution in [1.29, 1.82) is 0 Å². The summed E-state index contributed by atoms with van der Waals surface area (Å²) in [5.74, 6) is -0.272. The second-order valence-corrected chi connectivity index (χ2v) is 8.34. The van der Waals surface area contributed by atoms with Crippen LogP contribution in [0.15, 0.2) is 41.8 Å². The maximum atomic E-state index is 13.2. The summed E-state index contributed by atoms with van der Waals surface area (Å²) < 4.78 is 13.2. The van der Waals surface area contributed by atoms with Gasteiger partial charge < -0.3 is 9.80 Å². The number of benzene rings is 1. The smallest absolute Gasteiger partial charge is 0.242 e. The van der Waals surface area contributed by atoms with Crippen molar-refractivity contribution in [3.05, 3.63) is 58.0 Å². The summed E-state index contributed by atoms with van der Waals surface area (Å²) in [4.78, 5) is 30.3. The molecular formula is C22H27FN2O2S. The molecule has 0 unspecified atom stereocenters. The van der Waals surface area contributed by atoms with Gasteiger partial charge in [-0.25, -0.2) is 4.39 Å². The summed E-state index contributed by atoms with van der Waals surface area (Å²) in [5, 5.41) is 1.99. The molecule has 1 aliphatic rings. The minimum atomic E-state index is -0.290. The highest BCUT2D eigenvalue weighted by Gasteiger charge is 2.34. The average molecular weight is 403 g/mol. The Hall–Kier alpha value is -2.21. The molecule has 0 saturated heterocycles. The second kappa shape index (κ2) is 9.82. The number of rotatable bonds is 10. The molecule has 0 atom stereocenters. The van der Waals surface area contributed by atoms with Crippen molar-refractivity contribution in [2.24, 2.45) is 0 Å². The van der Waals surface area contributed by atoms with Crippen LogP contribution < -0.4 is 0 Å². The lowest BCUT2D eigenvalue weighted by molar-refractivity contribution is -0.141. The molecule has 2 aromatic rings. The van der Waals surface area contributed by atoms with Crippen molar-refractivity contribution < 1.29 is 14.0 Å². The number of hydrogen-bond acceptors (Lipinski definition) is 3. The highest BCUT2D eigenvalue weighted by atomic mass is 32.1. The molecule has 3 rings (SSSR count). The third-order valence-electron chi connectivity index (χ3n) is 4.92. The Bertz CT molecular complexity index is 772. The minimum absolute atomic E-state index is 0.0607. The van der Waals surface area contributed by atoms with Gasteiger partial charge >= 0.3 is 0 Å². The Morgan fingerprint density at radius 1 is 1.11 bits per heavy atom. The van der Waals surface area contributed by atoms with Crippen molar-refractivity contribution in [3.63, 3.8) is 0 Å². The Morgan fingerprint density at radius 3 is 2.46 bits per heavy atom. The molecule has 1 heterocycles. The number of nitrogens with zero attached hydrogens (tertiary/aromatic N) is 2. The largest absolute Gasteiger partial charge is 0.332 e. The van der Waals surface area contributed by atoms with Gasteiger partial charge in [0, 0.05) is 23.9 Å². The van der Waals surface area contributed by atoms with E-state index in [9.17, 15) is 14.0 Å². The highest BCUT2D eigenvalue weighted by Crippen LogP contribution is 2.28. The lowest BCUT2D eigenvalue weighted by Crippen LogP contribution is -2.43. The molecule has 4 nitrogen and oxygen atoms in total. The maximum absolute atomic E-state index is 13.2. The van der Waals surface area contributed by atoms with Crippen LogP contribution in [0.2, 0.25) is 0 Å². The van der Waals surface area contributed by atoms with Gasteiger partial charge in [-0.3, -0.25) is 9.59 Å². The molecule has 0 radical (unpaired) electrons. The number of halogens is 1. The van der Waals surface area contributed by atoms with E-state index in [1.54, 1.807) is 33.3 Å². The zero-order chi connectivity index (χ0) is 19.9. The van der Waals surface area contributed by atoms with Crippen LogP contribution in [0, 0.1) is 5.82 Å². The van der Waals surface area contributed by atoms with Crippen LogP contribution in [-0.4, -0.2) is 34.2 Å². The first-order valence-corrected chi connectivity index (χ1v) is 10.8. The molecule has 28 heavy (non-hydrogen) atoms. The Kier molecular flexibility index (Phi) is 7.20. The molecule has 6 heteroatoms. The van der Waals surface area contributed by atoms with Gasteiger partial charge in [-0.05, 0) is 48.4 Å². The van der Waals surface area contributed by atoms with E-state index in [4.69, 9.17) is 0 Å². The second-order valence-electron chi connectivity index (χ2n) is 7.31. The molecule has 0 N–H and O–H groups in total. The quantitative estimate of drug-likeness (QED) is 0.583. The van der Waals surface area contributed by atoms with Crippen molar-refractivity contribution in [1.82, 2.24) is 9.80 Å². The zero-order valence-corrected chi connectivity index (χ0v) is 17.1.